The second kappa shape index (κ2) is 7.09. The van der Waals surface area contributed by atoms with Crippen LogP contribution in [0.25, 0.3) is 4.96 Å². The lowest BCUT2D eigenvalue weighted by atomic mass is 9.97. The van der Waals surface area contributed by atoms with Crippen LogP contribution in [0.5, 0.6) is 0 Å². The third kappa shape index (κ3) is 3.39. The summed E-state index contributed by atoms with van der Waals surface area (Å²) in [6.07, 6.45) is 6.99. The number of rotatable bonds is 4. The van der Waals surface area contributed by atoms with Crippen molar-refractivity contribution in [1.29, 1.82) is 0 Å². The van der Waals surface area contributed by atoms with Crippen molar-refractivity contribution in [2.75, 3.05) is 6.54 Å². The molecular weight excluding hydrogens is 354 g/mol. The number of carbonyl (C=O) groups excluding carboxylic acids is 1. The Labute approximate surface area is 153 Å². The van der Waals surface area contributed by atoms with Crippen LogP contribution in [0.3, 0.4) is 0 Å². The van der Waals surface area contributed by atoms with Crippen LogP contribution in [0.2, 0.25) is 0 Å². The molecule has 1 fully saturated rings. The average Bonchev–Trinajstić information content (AvgIpc) is 3.30. The predicted octanol–water partition coefficient (Wildman–Crippen LogP) is 3.45. The van der Waals surface area contributed by atoms with Crippen LogP contribution in [0, 0.1) is 0 Å². The first-order chi connectivity index (χ1) is 12.2. The molecule has 3 aromatic rings. The molecular formula is C18H19N3O2S2. The summed E-state index contributed by atoms with van der Waals surface area (Å²) in [5.41, 5.74) is 0.0808. The van der Waals surface area contributed by atoms with Gasteiger partial charge >= 0.3 is 0 Å². The van der Waals surface area contributed by atoms with Gasteiger partial charge in [0.15, 0.2) is 4.96 Å². The minimum atomic E-state index is -0.349. The van der Waals surface area contributed by atoms with Crippen molar-refractivity contribution < 1.29 is 4.79 Å². The summed E-state index contributed by atoms with van der Waals surface area (Å²) in [4.78, 5) is 32.9. The second-order valence-corrected chi connectivity index (χ2v) is 8.21. The molecule has 1 aliphatic heterocycles. The molecule has 0 N–H and O–H groups in total. The van der Waals surface area contributed by atoms with Gasteiger partial charge in [-0.2, -0.15) is 4.98 Å². The maximum absolute atomic E-state index is 13.2. The first kappa shape index (κ1) is 16.5. The third-order valence-electron chi connectivity index (χ3n) is 4.73. The SMILES string of the molecule is O=C(c1cc(=O)nc2sccn12)N1CCCCC1CCc1cccs1. The standard InChI is InChI=1S/C18H19N3O2S2/c22-16-12-15(21-9-11-25-18(21)19-16)17(23)20-8-2-1-4-13(20)6-7-14-5-3-10-24-14/h3,5,9-13H,1-2,4,6-8H2. The summed E-state index contributed by atoms with van der Waals surface area (Å²) in [6.45, 7) is 0.761. The van der Waals surface area contributed by atoms with E-state index in [0.29, 0.717) is 10.7 Å². The van der Waals surface area contributed by atoms with Crippen LogP contribution in [-0.4, -0.2) is 32.8 Å². The van der Waals surface area contributed by atoms with Crippen LogP contribution in [-0.2, 0) is 6.42 Å². The van der Waals surface area contributed by atoms with Crippen LogP contribution in [0.1, 0.15) is 41.0 Å². The van der Waals surface area contributed by atoms with Gasteiger partial charge in [0.1, 0.15) is 5.69 Å². The van der Waals surface area contributed by atoms with E-state index < -0.39 is 0 Å². The summed E-state index contributed by atoms with van der Waals surface area (Å²) in [5.74, 6) is -0.0521. The summed E-state index contributed by atoms with van der Waals surface area (Å²) in [7, 11) is 0. The molecule has 130 valence electrons. The number of thiazole rings is 1. The van der Waals surface area contributed by atoms with E-state index in [1.165, 1.54) is 22.3 Å². The smallest absolute Gasteiger partial charge is 0.274 e. The number of aryl methyl sites for hydroxylation is 1. The lowest BCUT2D eigenvalue weighted by molar-refractivity contribution is 0.0594. The topological polar surface area (TPSA) is 54.7 Å². The summed E-state index contributed by atoms with van der Waals surface area (Å²) in [5, 5.41) is 3.94. The highest BCUT2D eigenvalue weighted by molar-refractivity contribution is 7.15. The Kier molecular flexibility index (Phi) is 4.67. The minimum Gasteiger partial charge on any atom is -0.334 e. The lowest BCUT2D eigenvalue weighted by Crippen LogP contribution is -2.44. The van der Waals surface area contributed by atoms with Crippen LogP contribution < -0.4 is 5.56 Å². The molecule has 5 nitrogen and oxygen atoms in total. The first-order valence-electron chi connectivity index (χ1n) is 8.52. The van der Waals surface area contributed by atoms with Gasteiger partial charge in [-0.25, -0.2) is 0 Å². The van der Waals surface area contributed by atoms with Crippen molar-refractivity contribution in [3.8, 4) is 0 Å². The van der Waals surface area contributed by atoms with Gasteiger partial charge in [0, 0.05) is 35.1 Å². The van der Waals surface area contributed by atoms with E-state index in [4.69, 9.17) is 0 Å². The van der Waals surface area contributed by atoms with Crippen molar-refractivity contribution in [3.05, 3.63) is 56.1 Å². The van der Waals surface area contributed by atoms with E-state index in [1.807, 2.05) is 16.5 Å². The Balaban J connectivity index is 1.59. The van der Waals surface area contributed by atoms with Gasteiger partial charge in [-0.15, -0.1) is 22.7 Å². The van der Waals surface area contributed by atoms with E-state index in [0.717, 1.165) is 38.6 Å². The molecule has 7 heteroatoms. The monoisotopic (exact) mass is 373 g/mol. The van der Waals surface area contributed by atoms with E-state index >= 15 is 0 Å². The zero-order chi connectivity index (χ0) is 17.2. The first-order valence-corrected chi connectivity index (χ1v) is 10.3. The number of hydrogen-bond donors (Lipinski definition) is 0. The lowest BCUT2D eigenvalue weighted by Gasteiger charge is -2.36. The number of piperidine rings is 1. The predicted molar refractivity (Wildman–Crippen MR) is 101 cm³/mol. The molecule has 0 bridgehead atoms. The molecule has 1 amide bonds. The Bertz CT molecular complexity index is 929. The van der Waals surface area contributed by atoms with E-state index in [2.05, 4.69) is 22.5 Å². The van der Waals surface area contributed by atoms with Gasteiger partial charge in [-0.3, -0.25) is 14.0 Å². The molecule has 4 rings (SSSR count). The van der Waals surface area contributed by atoms with E-state index in [1.54, 1.807) is 15.7 Å². The zero-order valence-corrected chi connectivity index (χ0v) is 15.4. The fraction of sp³-hybridized carbons (Fsp3) is 0.389. The van der Waals surface area contributed by atoms with Crippen LogP contribution >= 0.6 is 22.7 Å². The Morgan fingerprint density at radius 1 is 1.28 bits per heavy atom. The fourth-order valence-electron chi connectivity index (χ4n) is 3.49. The molecule has 4 heterocycles. The highest BCUT2D eigenvalue weighted by atomic mass is 32.1. The molecule has 3 aromatic heterocycles. The highest BCUT2D eigenvalue weighted by Crippen LogP contribution is 2.24. The van der Waals surface area contributed by atoms with E-state index in [-0.39, 0.29) is 17.5 Å². The molecule has 0 spiro atoms. The zero-order valence-electron chi connectivity index (χ0n) is 13.8. The molecule has 1 aliphatic rings. The number of carbonyl (C=O) groups is 1. The van der Waals surface area contributed by atoms with Crippen molar-refractivity contribution >= 4 is 33.5 Å². The quantitative estimate of drug-likeness (QED) is 0.704. The Morgan fingerprint density at radius 2 is 2.20 bits per heavy atom. The number of hydrogen-bond acceptors (Lipinski definition) is 5. The number of nitrogens with zero attached hydrogens (tertiary/aromatic N) is 3. The van der Waals surface area contributed by atoms with Crippen molar-refractivity contribution in [3.63, 3.8) is 0 Å². The number of fused-ring (bicyclic) bond motifs is 1. The van der Waals surface area contributed by atoms with Gasteiger partial charge in [0.2, 0.25) is 0 Å². The van der Waals surface area contributed by atoms with Gasteiger partial charge in [0.05, 0.1) is 0 Å². The second-order valence-electron chi connectivity index (χ2n) is 6.30. The van der Waals surface area contributed by atoms with Gasteiger partial charge in [0.25, 0.3) is 11.5 Å². The summed E-state index contributed by atoms with van der Waals surface area (Å²) < 4.78 is 1.74. The number of aromatic nitrogens is 2. The maximum atomic E-state index is 13.2. The van der Waals surface area contributed by atoms with Crippen LogP contribution in [0.4, 0.5) is 0 Å². The molecule has 25 heavy (non-hydrogen) atoms. The summed E-state index contributed by atoms with van der Waals surface area (Å²) >= 11 is 3.14. The number of thiophene rings is 1. The highest BCUT2D eigenvalue weighted by Gasteiger charge is 2.29. The molecule has 0 radical (unpaired) electrons. The van der Waals surface area contributed by atoms with Gasteiger partial charge in [-0.05, 0) is 43.6 Å². The fourth-order valence-corrected chi connectivity index (χ4v) is 4.94. The molecule has 0 aliphatic carbocycles. The molecule has 1 saturated heterocycles. The molecule has 1 unspecified atom stereocenters. The average molecular weight is 374 g/mol. The number of likely N-dealkylation sites (tertiary alicyclic amines) is 1. The van der Waals surface area contributed by atoms with Gasteiger partial charge < -0.3 is 4.90 Å². The van der Waals surface area contributed by atoms with Crippen molar-refractivity contribution in [2.45, 2.75) is 38.1 Å². The Morgan fingerprint density at radius 3 is 3.04 bits per heavy atom. The summed E-state index contributed by atoms with van der Waals surface area (Å²) in [6, 6.07) is 5.82. The Hall–Kier alpha value is -1.99. The third-order valence-corrected chi connectivity index (χ3v) is 6.42. The largest absolute Gasteiger partial charge is 0.334 e. The van der Waals surface area contributed by atoms with Crippen LogP contribution in [0.15, 0.2) is 40.0 Å². The molecule has 0 saturated carbocycles. The normalized spacial score (nSPS) is 17.9. The van der Waals surface area contributed by atoms with Crippen molar-refractivity contribution in [1.82, 2.24) is 14.3 Å². The number of amides is 1. The minimum absolute atomic E-state index is 0.0521. The molecule has 1 atom stereocenters. The van der Waals surface area contributed by atoms with Gasteiger partial charge in [-0.1, -0.05) is 6.07 Å². The van der Waals surface area contributed by atoms with E-state index in [9.17, 15) is 9.59 Å². The maximum Gasteiger partial charge on any atom is 0.274 e. The van der Waals surface area contributed by atoms with Crippen molar-refractivity contribution in [2.24, 2.45) is 0 Å². The molecule has 0 aromatic carbocycles.